The first kappa shape index (κ1) is 28.5. The standard InChI is InChI=1S/C27H43ClN4O4/c1-19(29)24(16-20-8-4-3-5-9-20)30-26(33)32-13-7-11-22(18-32)25(21-10-6-12-23(28)17-21)36-15-14-31(2)27(34)35/h6,10,12,17,19-20,22,24-25H,3-5,7-9,11,13-16,18,29H2,1-2H3,(H,30,33)(H,34,35)/t19?,22-,24?,25+/m1/s1. The summed E-state index contributed by atoms with van der Waals surface area (Å²) in [5.74, 6) is 0.707. The van der Waals surface area contributed by atoms with E-state index in [0.29, 0.717) is 24.0 Å². The van der Waals surface area contributed by atoms with Gasteiger partial charge in [-0.25, -0.2) is 9.59 Å². The minimum absolute atomic E-state index is 0.0347. The van der Waals surface area contributed by atoms with Crippen molar-refractivity contribution in [1.29, 1.82) is 0 Å². The molecular formula is C27H43ClN4O4. The third-order valence-corrected chi connectivity index (χ3v) is 7.89. The van der Waals surface area contributed by atoms with E-state index in [9.17, 15) is 9.59 Å². The average molecular weight is 523 g/mol. The van der Waals surface area contributed by atoms with Crippen LogP contribution >= 0.6 is 11.6 Å². The molecule has 2 fully saturated rings. The Morgan fingerprint density at radius 1 is 1.25 bits per heavy atom. The fourth-order valence-electron chi connectivity index (χ4n) is 5.48. The summed E-state index contributed by atoms with van der Waals surface area (Å²) in [4.78, 5) is 27.6. The highest BCUT2D eigenvalue weighted by Gasteiger charge is 2.33. The van der Waals surface area contributed by atoms with Crippen molar-refractivity contribution < 1.29 is 19.4 Å². The average Bonchev–Trinajstić information content (AvgIpc) is 2.86. The van der Waals surface area contributed by atoms with E-state index in [1.807, 2.05) is 36.1 Å². The molecule has 4 atom stereocenters. The summed E-state index contributed by atoms with van der Waals surface area (Å²) < 4.78 is 6.25. The Kier molecular flexibility index (Phi) is 11.1. The first-order valence-electron chi connectivity index (χ1n) is 13.4. The molecule has 202 valence electrons. The largest absolute Gasteiger partial charge is 0.465 e. The SMILES string of the molecule is CC(N)C(CC1CCCCC1)NC(=O)N1CCC[C@@H]([C@@H](OCCN(C)C(=O)O)c2cccc(Cl)c2)C1. The number of hydrogen-bond donors (Lipinski definition) is 3. The molecule has 3 rings (SSSR count). The molecule has 2 unspecified atom stereocenters. The normalized spacial score (nSPS) is 21.4. The first-order chi connectivity index (χ1) is 17.2. The van der Waals surface area contributed by atoms with Crippen LogP contribution in [0.5, 0.6) is 0 Å². The summed E-state index contributed by atoms with van der Waals surface area (Å²) in [5.41, 5.74) is 7.23. The number of carboxylic acid groups (broad SMARTS) is 1. The first-order valence-corrected chi connectivity index (χ1v) is 13.7. The molecule has 0 spiro atoms. The minimum atomic E-state index is -0.990. The Bertz CT molecular complexity index is 849. The van der Waals surface area contributed by atoms with Crippen LogP contribution in [0.1, 0.15) is 70.0 Å². The van der Waals surface area contributed by atoms with Crippen molar-refractivity contribution in [3.05, 3.63) is 34.9 Å². The van der Waals surface area contributed by atoms with E-state index in [1.165, 1.54) is 44.1 Å². The van der Waals surface area contributed by atoms with Gasteiger partial charge in [0, 0.05) is 49.7 Å². The molecule has 0 bridgehead atoms. The molecule has 1 aliphatic carbocycles. The lowest BCUT2D eigenvalue weighted by Crippen LogP contribution is -2.54. The zero-order chi connectivity index (χ0) is 26.1. The second-order valence-electron chi connectivity index (χ2n) is 10.6. The van der Waals surface area contributed by atoms with Gasteiger partial charge in [0.2, 0.25) is 0 Å². The number of hydrogen-bond acceptors (Lipinski definition) is 4. The second-order valence-corrected chi connectivity index (χ2v) is 11.0. The van der Waals surface area contributed by atoms with Crippen molar-refractivity contribution in [3.63, 3.8) is 0 Å². The maximum atomic E-state index is 13.3. The molecule has 1 aromatic rings. The van der Waals surface area contributed by atoms with Gasteiger partial charge in [-0.2, -0.15) is 0 Å². The van der Waals surface area contributed by atoms with Crippen molar-refractivity contribution in [2.75, 3.05) is 33.3 Å². The number of amides is 3. The Hall–Kier alpha value is -2.03. The number of rotatable bonds is 10. The van der Waals surface area contributed by atoms with Gasteiger partial charge < -0.3 is 30.7 Å². The maximum absolute atomic E-state index is 13.3. The van der Waals surface area contributed by atoms with Crippen LogP contribution in [0.2, 0.25) is 5.02 Å². The number of urea groups is 1. The predicted octanol–water partition coefficient (Wildman–Crippen LogP) is 5.12. The zero-order valence-electron chi connectivity index (χ0n) is 21.7. The molecule has 1 heterocycles. The van der Waals surface area contributed by atoms with Gasteiger partial charge in [0.1, 0.15) is 0 Å². The maximum Gasteiger partial charge on any atom is 0.407 e. The molecule has 36 heavy (non-hydrogen) atoms. The molecule has 8 nitrogen and oxygen atoms in total. The molecule has 9 heteroatoms. The number of benzene rings is 1. The van der Waals surface area contributed by atoms with Crippen LogP contribution in [0.4, 0.5) is 9.59 Å². The smallest absolute Gasteiger partial charge is 0.407 e. The van der Waals surface area contributed by atoms with E-state index in [1.54, 1.807) is 0 Å². The fraction of sp³-hybridized carbons (Fsp3) is 0.704. The molecule has 2 aliphatic rings. The molecule has 0 radical (unpaired) electrons. The Labute approximate surface area is 220 Å². The number of halogens is 1. The van der Waals surface area contributed by atoms with E-state index < -0.39 is 6.09 Å². The van der Waals surface area contributed by atoms with E-state index >= 15 is 0 Å². The van der Waals surface area contributed by atoms with Gasteiger partial charge in [-0.3, -0.25) is 0 Å². The van der Waals surface area contributed by atoms with Gasteiger partial charge in [0.15, 0.2) is 0 Å². The molecule has 1 saturated carbocycles. The quantitative estimate of drug-likeness (QED) is 0.395. The lowest BCUT2D eigenvalue weighted by molar-refractivity contribution is -0.0156. The lowest BCUT2D eigenvalue weighted by atomic mass is 9.83. The zero-order valence-corrected chi connectivity index (χ0v) is 22.5. The van der Waals surface area contributed by atoms with Crippen LogP contribution in [-0.4, -0.2) is 72.4 Å². The molecule has 1 saturated heterocycles. The summed E-state index contributed by atoms with van der Waals surface area (Å²) in [6.45, 7) is 3.76. The van der Waals surface area contributed by atoms with E-state index in [2.05, 4.69) is 5.32 Å². The van der Waals surface area contributed by atoms with Gasteiger partial charge in [-0.15, -0.1) is 0 Å². The van der Waals surface area contributed by atoms with Gasteiger partial charge in [-0.05, 0) is 49.8 Å². The highest BCUT2D eigenvalue weighted by atomic mass is 35.5. The summed E-state index contributed by atoms with van der Waals surface area (Å²) in [7, 11) is 1.52. The molecule has 3 amide bonds. The number of likely N-dealkylation sites (N-methyl/N-ethyl adjacent to an activating group) is 1. The van der Waals surface area contributed by atoms with E-state index in [0.717, 1.165) is 24.8 Å². The number of carbonyl (C=O) groups is 2. The fourth-order valence-corrected chi connectivity index (χ4v) is 5.68. The Morgan fingerprint density at radius 2 is 2.00 bits per heavy atom. The minimum Gasteiger partial charge on any atom is -0.465 e. The number of carbonyl (C=O) groups excluding carboxylic acids is 1. The van der Waals surface area contributed by atoms with Crippen LogP contribution < -0.4 is 11.1 Å². The molecular weight excluding hydrogens is 480 g/mol. The van der Waals surface area contributed by atoms with Crippen LogP contribution in [0.3, 0.4) is 0 Å². The van der Waals surface area contributed by atoms with Crippen LogP contribution in [0.25, 0.3) is 0 Å². The van der Waals surface area contributed by atoms with Crippen LogP contribution in [-0.2, 0) is 4.74 Å². The molecule has 1 aliphatic heterocycles. The predicted molar refractivity (Wildman–Crippen MR) is 142 cm³/mol. The number of nitrogens with one attached hydrogen (secondary N) is 1. The third-order valence-electron chi connectivity index (χ3n) is 7.66. The van der Waals surface area contributed by atoms with Crippen molar-refractivity contribution in [3.8, 4) is 0 Å². The second kappa shape index (κ2) is 14.1. The topological polar surface area (TPSA) is 108 Å². The monoisotopic (exact) mass is 522 g/mol. The van der Waals surface area contributed by atoms with Crippen molar-refractivity contribution >= 4 is 23.7 Å². The molecule has 1 aromatic carbocycles. The number of piperidine rings is 1. The van der Waals surface area contributed by atoms with Crippen molar-refractivity contribution in [2.24, 2.45) is 17.6 Å². The van der Waals surface area contributed by atoms with Gasteiger partial charge >= 0.3 is 12.1 Å². The molecule has 0 aromatic heterocycles. The summed E-state index contributed by atoms with van der Waals surface area (Å²) in [6.07, 6.45) is 7.74. The lowest BCUT2D eigenvalue weighted by Gasteiger charge is -2.38. The number of likely N-dealkylation sites (tertiary alicyclic amines) is 1. The summed E-state index contributed by atoms with van der Waals surface area (Å²) >= 11 is 6.27. The summed E-state index contributed by atoms with van der Waals surface area (Å²) in [6, 6.07) is 7.38. The number of nitrogens with two attached hydrogens (primary N) is 1. The van der Waals surface area contributed by atoms with Crippen LogP contribution in [0.15, 0.2) is 24.3 Å². The Morgan fingerprint density at radius 3 is 2.67 bits per heavy atom. The number of ether oxygens (including phenoxy) is 1. The highest BCUT2D eigenvalue weighted by molar-refractivity contribution is 6.30. The van der Waals surface area contributed by atoms with Crippen molar-refractivity contribution in [2.45, 2.75) is 76.5 Å². The highest BCUT2D eigenvalue weighted by Crippen LogP contribution is 2.34. The number of nitrogens with zero attached hydrogens (tertiary/aromatic N) is 2. The van der Waals surface area contributed by atoms with E-state index in [-0.39, 0.29) is 43.3 Å². The van der Waals surface area contributed by atoms with Crippen molar-refractivity contribution in [1.82, 2.24) is 15.1 Å². The molecule has 4 N–H and O–H groups in total. The van der Waals surface area contributed by atoms with Gasteiger partial charge in [-0.1, -0.05) is 55.8 Å². The third kappa shape index (κ3) is 8.53. The Balaban J connectivity index is 1.65. The van der Waals surface area contributed by atoms with Gasteiger partial charge in [0.05, 0.1) is 12.7 Å². The van der Waals surface area contributed by atoms with Crippen LogP contribution in [0, 0.1) is 11.8 Å². The van der Waals surface area contributed by atoms with Gasteiger partial charge in [0.25, 0.3) is 0 Å². The van der Waals surface area contributed by atoms with E-state index in [4.69, 9.17) is 27.2 Å². The summed E-state index contributed by atoms with van der Waals surface area (Å²) in [5, 5.41) is 13.0.